The molecule has 2 atom stereocenters. The first kappa shape index (κ1) is 15.4. The van der Waals surface area contributed by atoms with Crippen LogP contribution in [0.3, 0.4) is 0 Å². The molecule has 0 saturated carbocycles. The zero-order valence-corrected chi connectivity index (χ0v) is 13.0. The summed E-state index contributed by atoms with van der Waals surface area (Å²) in [5.41, 5.74) is 3.15. The first-order chi connectivity index (χ1) is 10.1. The third-order valence-electron chi connectivity index (χ3n) is 4.36. The zero-order chi connectivity index (χ0) is 15.4. The van der Waals surface area contributed by atoms with Crippen LogP contribution in [-0.4, -0.2) is 25.5 Å². The number of carbonyl (C=O) groups excluding carboxylic acids is 1. The molecule has 1 heterocycles. The topological polar surface area (TPSA) is 56.1 Å². The average molecular weight is 285 g/mol. The molecule has 1 aliphatic heterocycles. The van der Waals surface area contributed by atoms with E-state index in [0.717, 1.165) is 12.8 Å². The molecule has 21 heavy (non-hydrogen) atoms. The lowest BCUT2D eigenvalue weighted by atomic mass is 9.85. The molecule has 0 bridgehead atoms. The van der Waals surface area contributed by atoms with Crippen molar-refractivity contribution in [2.45, 2.75) is 39.2 Å². The van der Waals surface area contributed by atoms with E-state index >= 15 is 0 Å². The van der Waals surface area contributed by atoms with Crippen molar-refractivity contribution in [3.63, 3.8) is 0 Å². The highest BCUT2D eigenvalue weighted by Crippen LogP contribution is 2.34. The molecular weight excluding hydrogens is 262 g/mol. The lowest BCUT2D eigenvalue weighted by Crippen LogP contribution is -2.41. The lowest BCUT2D eigenvalue weighted by molar-refractivity contribution is 0.0954. The molecule has 1 amide bonds. The van der Waals surface area contributed by atoms with Gasteiger partial charge in [0.1, 0.15) is 0 Å². The summed E-state index contributed by atoms with van der Waals surface area (Å²) in [5.74, 6) is 0.491. The number of rotatable bonds is 4. The van der Waals surface area contributed by atoms with Gasteiger partial charge in [0, 0.05) is 30.9 Å². The van der Waals surface area contributed by atoms with Crippen molar-refractivity contribution in [1.82, 2.24) is 5.32 Å². The van der Waals surface area contributed by atoms with E-state index in [1.165, 1.54) is 11.3 Å². The van der Waals surface area contributed by atoms with Crippen LogP contribution in [0, 0.1) is 17.2 Å². The van der Waals surface area contributed by atoms with Crippen molar-refractivity contribution in [2.24, 2.45) is 5.92 Å². The monoisotopic (exact) mass is 285 g/mol. The number of hydrogen-bond donors (Lipinski definition) is 1. The zero-order valence-electron chi connectivity index (χ0n) is 13.0. The van der Waals surface area contributed by atoms with Gasteiger partial charge in [-0.25, -0.2) is 0 Å². The SMILES string of the molecule is CC[C@H]1C(C)Cc2cc(C(=O)NCCC#N)ccc2N1C. The summed E-state index contributed by atoms with van der Waals surface area (Å²) in [4.78, 5) is 14.4. The second-order valence-corrected chi connectivity index (χ2v) is 5.78. The average Bonchev–Trinajstić information content (AvgIpc) is 2.47. The third-order valence-corrected chi connectivity index (χ3v) is 4.36. The Kier molecular flexibility index (Phi) is 4.85. The van der Waals surface area contributed by atoms with E-state index in [1.54, 1.807) is 0 Å². The predicted molar refractivity (Wildman–Crippen MR) is 84.4 cm³/mol. The van der Waals surface area contributed by atoms with Crippen LogP contribution in [0.25, 0.3) is 0 Å². The molecule has 1 aliphatic rings. The molecule has 1 aromatic rings. The van der Waals surface area contributed by atoms with Gasteiger partial charge in [0.05, 0.1) is 12.5 Å². The van der Waals surface area contributed by atoms with Gasteiger partial charge in [-0.2, -0.15) is 5.26 Å². The van der Waals surface area contributed by atoms with Crippen LogP contribution in [0.15, 0.2) is 18.2 Å². The van der Waals surface area contributed by atoms with Crippen molar-refractivity contribution >= 4 is 11.6 Å². The number of benzene rings is 1. The maximum Gasteiger partial charge on any atom is 0.251 e. The number of fused-ring (bicyclic) bond motifs is 1. The summed E-state index contributed by atoms with van der Waals surface area (Å²) >= 11 is 0. The van der Waals surface area contributed by atoms with E-state index in [9.17, 15) is 4.79 Å². The molecular formula is C17H23N3O. The first-order valence-corrected chi connectivity index (χ1v) is 7.59. The fraction of sp³-hybridized carbons (Fsp3) is 0.529. The molecule has 0 fully saturated rings. The van der Waals surface area contributed by atoms with Crippen LogP contribution in [0.5, 0.6) is 0 Å². The van der Waals surface area contributed by atoms with E-state index in [-0.39, 0.29) is 5.91 Å². The number of carbonyl (C=O) groups is 1. The maximum absolute atomic E-state index is 12.1. The standard InChI is InChI=1S/C17H23N3O/c1-4-15-12(2)10-14-11-13(6-7-16(14)20(15)3)17(21)19-9-5-8-18/h6-7,11-12,15H,4-5,9-10H2,1-3H3,(H,19,21)/t12?,15-/m0/s1. The quantitative estimate of drug-likeness (QED) is 0.865. The van der Waals surface area contributed by atoms with Crippen molar-refractivity contribution in [2.75, 3.05) is 18.5 Å². The number of hydrogen-bond acceptors (Lipinski definition) is 3. The Morgan fingerprint density at radius 1 is 1.52 bits per heavy atom. The highest BCUT2D eigenvalue weighted by atomic mass is 16.1. The van der Waals surface area contributed by atoms with Crippen molar-refractivity contribution in [3.05, 3.63) is 29.3 Å². The summed E-state index contributed by atoms with van der Waals surface area (Å²) in [6.45, 7) is 4.90. The van der Waals surface area contributed by atoms with Crippen molar-refractivity contribution < 1.29 is 4.79 Å². The number of amides is 1. The molecule has 1 N–H and O–H groups in total. The normalized spacial score (nSPS) is 20.6. The maximum atomic E-state index is 12.1. The molecule has 0 saturated heterocycles. The molecule has 112 valence electrons. The Bertz CT molecular complexity index is 562. The smallest absolute Gasteiger partial charge is 0.251 e. The third kappa shape index (κ3) is 3.18. The Morgan fingerprint density at radius 3 is 2.95 bits per heavy atom. The number of anilines is 1. The molecule has 4 heteroatoms. The van der Waals surface area contributed by atoms with E-state index < -0.39 is 0 Å². The van der Waals surface area contributed by atoms with Gasteiger partial charge in [0.15, 0.2) is 0 Å². The molecule has 1 aromatic carbocycles. The molecule has 0 aliphatic carbocycles. The highest BCUT2D eigenvalue weighted by molar-refractivity contribution is 5.95. The van der Waals surface area contributed by atoms with Crippen molar-refractivity contribution in [3.8, 4) is 6.07 Å². The van der Waals surface area contributed by atoms with Gasteiger partial charge in [-0.1, -0.05) is 13.8 Å². The number of nitrogens with one attached hydrogen (secondary N) is 1. The number of nitriles is 1. The van der Waals surface area contributed by atoms with Gasteiger partial charge >= 0.3 is 0 Å². The summed E-state index contributed by atoms with van der Waals surface area (Å²) in [6, 6.07) is 8.50. The van der Waals surface area contributed by atoms with Crippen LogP contribution in [0.2, 0.25) is 0 Å². The number of nitrogens with zero attached hydrogens (tertiary/aromatic N) is 2. The Hall–Kier alpha value is -2.02. The van der Waals surface area contributed by atoms with Gasteiger partial charge in [0.2, 0.25) is 0 Å². The summed E-state index contributed by atoms with van der Waals surface area (Å²) in [7, 11) is 2.13. The van der Waals surface area contributed by atoms with E-state index in [2.05, 4.69) is 31.1 Å². The minimum absolute atomic E-state index is 0.0963. The molecule has 0 aromatic heterocycles. The van der Waals surface area contributed by atoms with Crippen LogP contribution in [-0.2, 0) is 6.42 Å². The predicted octanol–water partition coefficient (Wildman–Crippen LogP) is 2.74. The van der Waals surface area contributed by atoms with Gasteiger partial charge in [-0.05, 0) is 42.5 Å². The summed E-state index contributed by atoms with van der Waals surface area (Å²) in [6.07, 6.45) is 2.49. The van der Waals surface area contributed by atoms with Crippen LogP contribution in [0.1, 0.15) is 42.6 Å². The van der Waals surface area contributed by atoms with E-state index in [1.807, 2.05) is 24.3 Å². The Morgan fingerprint density at radius 2 is 2.29 bits per heavy atom. The second-order valence-electron chi connectivity index (χ2n) is 5.78. The van der Waals surface area contributed by atoms with E-state index in [0.29, 0.717) is 30.5 Å². The molecule has 1 unspecified atom stereocenters. The lowest BCUT2D eigenvalue weighted by Gasteiger charge is -2.40. The largest absolute Gasteiger partial charge is 0.371 e. The molecule has 0 spiro atoms. The molecule has 2 rings (SSSR count). The Balaban J connectivity index is 2.19. The van der Waals surface area contributed by atoms with Gasteiger partial charge in [-0.3, -0.25) is 4.79 Å². The van der Waals surface area contributed by atoms with E-state index in [4.69, 9.17) is 5.26 Å². The minimum atomic E-state index is -0.0963. The minimum Gasteiger partial charge on any atom is -0.371 e. The summed E-state index contributed by atoms with van der Waals surface area (Å²) in [5, 5.41) is 11.3. The molecule has 0 radical (unpaired) electrons. The van der Waals surface area contributed by atoms with Gasteiger partial charge in [-0.15, -0.1) is 0 Å². The van der Waals surface area contributed by atoms with Gasteiger partial charge < -0.3 is 10.2 Å². The fourth-order valence-electron chi connectivity index (χ4n) is 3.29. The highest BCUT2D eigenvalue weighted by Gasteiger charge is 2.28. The van der Waals surface area contributed by atoms with Gasteiger partial charge in [0.25, 0.3) is 5.91 Å². The first-order valence-electron chi connectivity index (χ1n) is 7.59. The van der Waals surface area contributed by atoms with Crippen LogP contribution < -0.4 is 10.2 Å². The summed E-state index contributed by atoms with van der Waals surface area (Å²) < 4.78 is 0. The van der Waals surface area contributed by atoms with Crippen LogP contribution in [0.4, 0.5) is 5.69 Å². The Labute approximate surface area is 126 Å². The van der Waals surface area contributed by atoms with Crippen LogP contribution >= 0.6 is 0 Å². The van der Waals surface area contributed by atoms with Crippen molar-refractivity contribution in [1.29, 1.82) is 5.26 Å². The second kappa shape index (κ2) is 6.62. The fourth-order valence-corrected chi connectivity index (χ4v) is 3.29. The molecule has 4 nitrogen and oxygen atoms in total.